The number of hydroxylamine groups is 1. The van der Waals surface area contributed by atoms with Crippen LogP contribution in [0.3, 0.4) is 0 Å². The minimum atomic E-state index is -0.909. The van der Waals surface area contributed by atoms with Gasteiger partial charge in [0, 0.05) is 0 Å². The number of carbonyl (C=O) groups excluding carboxylic acids is 2. The van der Waals surface area contributed by atoms with E-state index in [1.807, 2.05) is 56.3 Å². The quantitative estimate of drug-likeness (QED) is 0.655. The van der Waals surface area contributed by atoms with Crippen molar-refractivity contribution in [3.8, 4) is 5.75 Å². The molecular weight excluding hydrogens is 392 g/mol. The number of hydrogen-bond donors (Lipinski definition) is 1. The van der Waals surface area contributed by atoms with Gasteiger partial charge in [-0.15, -0.1) is 0 Å². The average molecular weight is 414 g/mol. The maximum atomic E-state index is 13.6. The van der Waals surface area contributed by atoms with Crippen molar-refractivity contribution in [2.75, 3.05) is 9.96 Å². The number of rotatable bonds is 3. The van der Waals surface area contributed by atoms with E-state index in [4.69, 9.17) is 4.84 Å². The molecule has 6 nitrogen and oxygen atoms in total. The molecule has 2 fully saturated rings. The van der Waals surface area contributed by atoms with E-state index in [-0.39, 0.29) is 17.6 Å². The maximum Gasteiger partial charge on any atom is 0.266 e. The Balaban J connectivity index is 1.58. The predicted octanol–water partition coefficient (Wildman–Crippen LogP) is 4.06. The lowest BCUT2D eigenvalue weighted by Crippen LogP contribution is -2.37. The van der Waals surface area contributed by atoms with Gasteiger partial charge in [0.05, 0.1) is 17.4 Å². The molecule has 0 bridgehead atoms. The van der Waals surface area contributed by atoms with Crippen molar-refractivity contribution in [2.45, 2.75) is 26.0 Å². The molecule has 0 aliphatic carbocycles. The SMILES string of the molecule is Cc1ccc(N2C(=O)[C@H]3[C@@H](c4ccc(O)cc4)N(c4ccccc4)O[C@H]3C2=O)cc1C. The largest absolute Gasteiger partial charge is 0.508 e. The van der Waals surface area contributed by atoms with Crippen LogP contribution in [0.4, 0.5) is 11.4 Å². The zero-order chi connectivity index (χ0) is 21.7. The molecule has 2 aliphatic heterocycles. The van der Waals surface area contributed by atoms with Gasteiger partial charge >= 0.3 is 0 Å². The van der Waals surface area contributed by atoms with Crippen LogP contribution in [-0.2, 0) is 14.4 Å². The number of anilines is 2. The normalized spacial score (nSPS) is 22.8. The third-order valence-corrected chi connectivity index (χ3v) is 6.11. The number of carbonyl (C=O) groups is 2. The summed E-state index contributed by atoms with van der Waals surface area (Å²) < 4.78 is 0. The summed E-state index contributed by atoms with van der Waals surface area (Å²) in [6.45, 7) is 3.95. The topological polar surface area (TPSA) is 70.1 Å². The number of para-hydroxylation sites is 1. The van der Waals surface area contributed by atoms with Crippen molar-refractivity contribution in [1.82, 2.24) is 0 Å². The summed E-state index contributed by atoms with van der Waals surface area (Å²) in [4.78, 5) is 34.2. The zero-order valence-electron chi connectivity index (χ0n) is 17.2. The highest BCUT2D eigenvalue weighted by Crippen LogP contribution is 2.47. The van der Waals surface area contributed by atoms with Crippen LogP contribution in [0, 0.1) is 19.8 Å². The number of amides is 2. The molecule has 0 radical (unpaired) electrons. The van der Waals surface area contributed by atoms with Gasteiger partial charge in [-0.3, -0.25) is 14.4 Å². The second kappa shape index (κ2) is 7.25. The molecular formula is C25H22N2O4. The molecule has 6 heteroatoms. The summed E-state index contributed by atoms with van der Waals surface area (Å²) >= 11 is 0. The van der Waals surface area contributed by atoms with Crippen LogP contribution in [0.1, 0.15) is 22.7 Å². The molecule has 0 spiro atoms. The molecule has 5 rings (SSSR count). The highest BCUT2D eigenvalue weighted by Gasteiger charge is 2.60. The smallest absolute Gasteiger partial charge is 0.266 e. The van der Waals surface area contributed by atoms with Gasteiger partial charge in [0.25, 0.3) is 5.91 Å². The Kier molecular flexibility index (Phi) is 4.52. The molecule has 2 aliphatic rings. The van der Waals surface area contributed by atoms with E-state index >= 15 is 0 Å². The first-order chi connectivity index (χ1) is 15.0. The van der Waals surface area contributed by atoms with Gasteiger partial charge in [0.2, 0.25) is 5.91 Å². The Morgan fingerprint density at radius 1 is 0.806 bits per heavy atom. The number of aromatic hydroxyl groups is 1. The van der Waals surface area contributed by atoms with E-state index in [1.54, 1.807) is 35.4 Å². The lowest BCUT2D eigenvalue weighted by Gasteiger charge is -2.28. The summed E-state index contributed by atoms with van der Waals surface area (Å²) in [5.74, 6) is -1.20. The molecule has 3 atom stereocenters. The van der Waals surface area contributed by atoms with Gasteiger partial charge in [0.15, 0.2) is 6.10 Å². The summed E-state index contributed by atoms with van der Waals surface area (Å²) in [5, 5.41) is 11.4. The Hall–Kier alpha value is -3.64. The van der Waals surface area contributed by atoms with Crippen LogP contribution in [-0.4, -0.2) is 23.0 Å². The summed E-state index contributed by atoms with van der Waals surface area (Å²) in [7, 11) is 0. The van der Waals surface area contributed by atoms with Crippen molar-refractivity contribution >= 4 is 23.2 Å². The first-order valence-electron chi connectivity index (χ1n) is 10.2. The van der Waals surface area contributed by atoms with E-state index < -0.39 is 18.1 Å². The number of aryl methyl sites for hydroxylation is 2. The molecule has 2 heterocycles. The molecule has 0 aromatic heterocycles. The molecule has 3 aromatic carbocycles. The first kappa shape index (κ1) is 19.3. The number of fused-ring (bicyclic) bond motifs is 1. The third kappa shape index (κ3) is 3.07. The lowest BCUT2D eigenvalue weighted by atomic mass is 9.90. The Labute approximate surface area is 180 Å². The molecule has 2 amide bonds. The standard InChI is InChI=1S/C25H22N2O4/c1-15-8-11-19(14-16(15)2)26-24(29)21-22(17-9-12-20(28)13-10-17)27(31-23(21)25(26)30)18-6-4-3-5-7-18/h3-14,21-23,28H,1-2H3/t21-,22+,23+/m0/s1. The van der Waals surface area contributed by atoms with Gasteiger partial charge in [-0.2, -0.15) is 0 Å². The molecule has 0 unspecified atom stereocenters. The number of hydrogen-bond acceptors (Lipinski definition) is 5. The lowest BCUT2D eigenvalue weighted by molar-refractivity contribution is -0.126. The van der Waals surface area contributed by atoms with Crippen LogP contribution in [0.25, 0.3) is 0 Å². The van der Waals surface area contributed by atoms with Crippen molar-refractivity contribution in [1.29, 1.82) is 0 Å². The van der Waals surface area contributed by atoms with E-state index in [9.17, 15) is 14.7 Å². The Morgan fingerprint density at radius 2 is 1.52 bits per heavy atom. The third-order valence-electron chi connectivity index (χ3n) is 6.11. The second-order valence-corrected chi connectivity index (χ2v) is 8.03. The minimum absolute atomic E-state index is 0.135. The van der Waals surface area contributed by atoms with Gasteiger partial charge in [0.1, 0.15) is 11.7 Å². The fraction of sp³-hybridized carbons (Fsp3) is 0.200. The van der Waals surface area contributed by atoms with E-state index in [0.29, 0.717) is 5.69 Å². The van der Waals surface area contributed by atoms with Crippen molar-refractivity contribution in [2.24, 2.45) is 5.92 Å². The van der Waals surface area contributed by atoms with Crippen LogP contribution in [0.15, 0.2) is 72.8 Å². The first-order valence-corrected chi connectivity index (χ1v) is 10.2. The van der Waals surface area contributed by atoms with Gasteiger partial charge in [-0.1, -0.05) is 36.4 Å². The number of benzene rings is 3. The number of imide groups is 1. The number of nitrogens with zero attached hydrogens (tertiary/aromatic N) is 2. The second-order valence-electron chi connectivity index (χ2n) is 8.03. The highest BCUT2D eigenvalue weighted by molar-refractivity contribution is 6.24. The van der Waals surface area contributed by atoms with Crippen LogP contribution < -0.4 is 9.96 Å². The Bertz CT molecular complexity index is 1160. The van der Waals surface area contributed by atoms with Crippen molar-refractivity contribution in [3.63, 3.8) is 0 Å². The van der Waals surface area contributed by atoms with Gasteiger partial charge < -0.3 is 5.11 Å². The average Bonchev–Trinajstić information content (AvgIpc) is 3.28. The van der Waals surface area contributed by atoms with Gasteiger partial charge in [-0.25, -0.2) is 9.96 Å². The van der Waals surface area contributed by atoms with Crippen molar-refractivity contribution < 1.29 is 19.5 Å². The summed E-state index contributed by atoms with van der Waals surface area (Å²) in [6, 6.07) is 21.2. The highest BCUT2D eigenvalue weighted by atomic mass is 16.7. The zero-order valence-corrected chi connectivity index (χ0v) is 17.2. The van der Waals surface area contributed by atoms with Crippen LogP contribution in [0.5, 0.6) is 5.75 Å². The molecule has 3 aromatic rings. The number of phenols is 1. The fourth-order valence-corrected chi connectivity index (χ4v) is 4.34. The number of phenolic OH excluding ortho intramolecular Hbond substituents is 1. The fourth-order valence-electron chi connectivity index (χ4n) is 4.34. The van der Waals surface area contributed by atoms with Gasteiger partial charge in [-0.05, 0) is 66.9 Å². The maximum absolute atomic E-state index is 13.6. The minimum Gasteiger partial charge on any atom is -0.508 e. The molecule has 2 saturated heterocycles. The van der Waals surface area contributed by atoms with Crippen LogP contribution >= 0.6 is 0 Å². The van der Waals surface area contributed by atoms with E-state index in [0.717, 1.165) is 22.4 Å². The predicted molar refractivity (Wildman–Crippen MR) is 117 cm³/mol. The summed E-state index contributed by atoms with van der Waals surface area (Å²) in [5.41, 5.74) is 4.21. The molecule has 156 valence electrons. The van der Waals surface area contributed by atoms with E-state index in [1.165, 1.54) is 4.90 Å². The molecule has 1 N–H and O–H groups in total. The monoisotopic (exact) mass is 414 g/mol. The molecule has 31 heavy (non-hydrogen) atoms. The van der Waals surface area contributed by atoms with Crippen LogP contribution in [0.2, 0.25) is 0 Å². The van der Waals surface area contributed by atoms with Crippen molar-refractivity contribution in [3.05, 3.63) is 89.5 Å². The molecule has 0 saturated carbocycles. The summed E-state index contributed by atoms with van der Waals surface area (Å²) in [6.07, 6.45) is -0.909. The Morgan fingerprint density at radius 3 is 2.19 bits per heavy atom. The van der Waals surface area contributed by atoms with E-state index in [2.05, 4.69) is 0 Å².